The molecule has 0 saturated carbocycles. The van der Waals surface area contributed by atoms with Crippen LogP contribution in [-0.2, 0) is 21.3 Å². The van der Waals surface area contributed by atoms with E-state index in [0.717, 1.165) is 0 Å². The van der Waals surface area contributed by atoms with Gasteiger partial charge >= 0.3 is 10.1 Å². The van der Waals surface area contributed by atoms with Gasteiger partial charge in [-0.25, -0.2) is 0 Å². The van der Waals surface area contributed by atoms with Crippen LogP contribution in [-0.4, -0.2) is 20.9 Å². The molecule has 8 heteroatoms. The maximum atomic E-state index is 13.1. The molecule has 144 valence electrons. The average Bonchev–Trinajstić information content (AvgIpc) is 2.67. The highest BCUT2D eigenvalue weighted by molar-refractivity contribution is 7.87. The molecule has 1 aliphatic heterocycles. The minimum Gasteiger partial charge on any atom is -0.379 e. The Morgan fingerprint density at radius 3 is 2.57 bits per heavy atom. The van der Waals surface area contributed by atoms with Gasteiger partial charge in [0.1, 0.15) is 16.7 Å². The lowest BCUT2D eigenvalue weighted by Crippen LogP contribution is -2.38. The lowest BCUT2D eigenvalue weighted by atomic mass is 9.93. The van der Waals surface area contributed by atoms with Crippen LogP contribution in [0.2, 0.25) is 5.02 Å². The molecule has 1 amide bonds. The van der Waals surface area contributed by atoms with Crippen molar-refractivity contribution in [2.75, 3.05) is 6.54 Å². The molecule has 0 fully saturated rings. The molecule has 1 heterocycles. The van der Waals surface area contributed by atoms with Crippen LogP contribution in [0.1, 0.15) is 17.2 Å². The predicted octanol–water partition coefficient (Wildman–Crippen LogP) is 2.93. The van der Waals surface area contributed by atoms with Gasteiger partial charge in [0.2, 0.25) is 5.91 Å². The summed E-state index contributed by atoms with van der Waals surface area (Å²) in [6.45, 7) is 0.491. The third kappa shape index (κ3) is 3.22. The normalized spacial score (nSPS) is 16.5. The highest BCUT2D eigenvalue weighted by Crippen LogP contribution is 2.34. The molecule has 1 unspecified atom stereocenters. The van der Waals surface area contributed by atoms with Crippen molar-refractivity contribution in [2.45, 2.75) is 17.4 Å². The van der Waals surface area contributed by atoms with Gasteiger partial charge in [0.05, 0.1) is 0 Å². The van der Waals surface area contributed by atoms with Crippen molar-refractivity contribution < 1.29 is 17.4 Å². The third-order valence-electron chi connectivity index (χ3n) is 4.79. The van der Waals surface area contributed by atoms with E-state index in [1.165, 1.54) is 6.07 Å². The summed E-state index contributed by atoms with van der Waals surface area (Å²) in [4.78, 5) is 11.7. The van der Waals surface area contributed by atoms with Crippen molar-refractivity contribution in [2.24, 2.45) is 5.73 Å². The second-order valence-electron chi connectivity index (χ2n) is 6.49. The Hall–Kier alpha value is -2.61. The van der Waals surface area contributed by atoms with Crippen molar-refractivity contribution in [3.63, 3.8) is 0 Å². The number of amides is 1. The third-order valence-corrected chi connectivity index (χ3v) is 6.41. The van der Waals surface area contributed by atoms with E-state index in [1.54, 1.807) is 48.5 Å². The maximum absolute atomic E-state index is 13.1. The van der Waals surface area contributed by atoms with Crippen molar-refractivity contribution in [3.8, 4) is 5.75 Å². The second-order valence-corrected chi connectivity index (χ2v) is 8.41. The van der Waals surface area contributed by atoms with Crippen LogP contribution in [0.4, 0.5) is 0 Å². The van der Waals surface area contributed by atoms with Crippen LogP contribution in [0, 0.1) is 0 Å². The first-order valence-corrected chi connectivity index (χ1v) is 10.4. The smallest absolute Gasteiger partial charge is 0.339 e. The number of nitrogens with one attached hydrogen (secondary N) is 1. The van der Waals surface area contributed by atoms with E-state index in [1.807, 2.05) is 0 Å². The number of hydrogen-bond acceptors (Lipinski definition) is 5. The van der Waals surface area contributed by atoms with Gasteiger partial charge in [-0.15, -0.1) is 0 Å². The average molecular weight is 417 g/mol. The molecule has 3 aromatic carbocycles. The topological polar surface area (TPSA) is 98.5 Å². The summed E-state index contributed by atoms with van der Waals surface area (Å²) >= 11 is 6.19. The quantitative estimate of drug-likeness (QED) is 0.637. The van der Waals surface area contributed by atoms with Crippen molar-refractivity contribution in [3.05, 3.63) is 70.7 Å². The first-order valence-electron chi connectivity index (χ1n) is 8.65. The van der Waals surface area contributed by atoms with E-state index in [4.69, 9.17) is 21.5 Å². The number of carbonyl (C=O) groups excluding carboxylic acids is 1. The van der Waals surface area contributed by atoms with Gasteiger partial charge in [-0.05, 0) is 30.2 Å². The molecule has 0 aromatic heterocycles. The van der Waals surface area contributed by atoms with E-state index in [9.17, 15) is 13.2 Å². The fourth-order valence-electron chi connectivity index (χ4n) is 3.53. The number of fused-ring (bicyclic) bond motifs is 2. The van der Waals surface area contributed by atoms with E-state index in [-0.39, 0.29) is 10.6 Å². The summed E-state index contributed by atoms with van der Waals surface area (Å²) in [5.74, 6) is -0.325. The first kappa shape index (κ1) is 18.7. The second kappa shape index (κ2) is 7.09. The summed E-state index contributed by atoms with van der Waals surface area (Å²) in [7, 11) is -4.12. The van der Waals surface area contributed by atoms with Gasteiger partial charge in [0, 0.05) is 27.9 Å². The van der Waals surface area contributed by atoms with Crippen molar-refractivity contribution in [1.29, 1.82) is 0 Å². The standard InChI is InChI=1S/C20H17ClN2O4S/c21-16-7-1-5-14-12(16)4-3-9-18(14)28(25,26)27-17-8-2-6-15-13(17)10-11-23-19(15)20(22)24/h1-9,19,23H,10-11H2,(H2,22,24). The lowest BCUT2D eigenvalue weighted by molar-refractivity contribution is -0.120. The Morgan fingerprint density at radius 2 is 1.79 bits per heavy atom. The first-order chi connectivity index (χ1) is 13.4. The monoisotopic (exact) mass is 416 g/mol. The molecule has 0 aliphatic carbocycles. The van der Waals surface area contributed by atoms with Crippen LogP contribution in [0.5, 0.6) is 5.75 Å². The molecule has 28 heavy (non-hydrogen) atoms. The zero-order valence-electron chi connectivity index (χ0n) is 14.7. The lowest BCUT2D eigenvalue weighted by Gasteiger charge is -2.26. The van der Waals surface area contributed by atoms with Crippen molar-refractivity contribution in [1.82, 2.24) is 5.32 Å². The van der Waals surface area contributed by atoms with Gasteiger partial charge in [0.15, 0.2) is 0 Å². The summed E-state index contributed by atoms with van der Waals surface area (Å²) in [5, 5.41) is 4.60. The Balaban J connectivity index is 1.80. The summed E-state index contributed by atoms with van der Waals surface area (Å²) < 4.78 is 31.6. The molecule has 0 bridgehead atoms. The van der Waals surface area contributed by atoms with Gasteiger partial charge in [0.25, 0.3) is 0 Å². The Kier molecular flexibility index (Phi) is 4.74. The molecule has 6 nitrogen and oxygen atoms in total. The number of nitrogens with two attached hydrogens (primary N) is 1. The van der Waals surface area contributed by atoms with Gasteiger partial charge < -0.3 is 15.2 Å². The van der Waals surface area contributed by atoms with Crippen LogP contribution >= 0.6 is 11.6 Å². The van der Waals surface area contributed by atoms with Crippen LogP contribution in [0.15, 0.2) is 59.5 Å². The van der Waals surface area contributed by atoms with Gasteiger partial charge in [-0.2, -0.15) is 8.42 Å². The molecule has 1 aliphatic rings. The summed E-state index contributed by atoms with van der Waals surface area (Å²) in [5.41, 5.74) is 6.74. The molecule has 4 rings (SSSR count). The summed E-state index contributed by atoms with van der Waals surface area (Å²) in [6.07, 6.45) is 0.520. The number of rotatable bonds is 4. The Bertz CT molecular complexity index is 1190. The number of hydrogen-bond donors (Lipinski definition) is 2. The largest absolute Gasteiger partial charge is 0.379 e. The molecule has 3 aromatic rings. The SMILES string of the molecule is NC(=O)C1NCCc2c(OS(=O)(=O)c3cccc4c(Cl)cccc34)cccc21. The highest BCUT2D eigenvalue weighted by atomic mass is 35.5. The minimum absolute atomic E-state index is 0.0329. The molecule has 1 atom stereocenters. The fraction of sp³-hybridized carbons (Fsp3) is 0.150. The molecule has 0 saturated heterocycles. The van der Waals surface area contributed by atoms with Crippen LogP contribution in [0.3, 0.4) is 0 Å². The molecule has 0 radical (unpaired) electrons. The zero-order valence-corrected chi connectivity index (χ0v) is 16.3. The number of carbonyl (C=O) groups is 1. The zero-order chi connectivity index (χ0) is 19.9. The van der Waals surface area contributed by atoms with E-state index in [2.05, 4.69) is 5.32 Å². The number of halogens is 1. The van der Waals surface area contributed by atoms with E-state index >= 15 is 0 Å². The summed E-state index contributed by atoms with van der Waals surface area (Å²) in [6, 6.07) is 14.2. The highest BCUT2D eigenvalue weighted by Gasteiger charge is 2.28. The predicted molar refractivity (Wildman–Crippen MR) is 107 cm³/mol. The molecule has 3 N–H and O–H groups in total. The fourth-order valence-corrected chi connectivity index (χ4v) is 4.94. The van der Waals surface area contributed by atoms with Gasteiger partial charge in [-0.3, -0.25) is 4.79 Å². The molecule has 0 spiro atoms. The van der Waals surface area contributed by atoms with E-state index in [0.29, 0.717) is 39.9 Å². The Labute approximate surface area is 167 Å². The van der Waals surface area contributed by atoms with E-state index < -0.39 is 22.1 Å². The van der Waals surface area contributed by atoms with Crippen LogP contribution in [0.25, 0.3) is 10.8 Å². The van der Waals surface area contributed by atoms with Gasteiger partial charge in [-0.1, -0.05) is 48.0 Å². The maximum Gasteiger partial charge on any atom is 0.339 e. The molecular formula is C20H17ClN2O4S. The van der Waals surface area contributed by atoms with Crippen LogP contribution < -0.4 is 15.2 Å². The van der Waals surface area contributed by atoms with Crippen molar-refractivity contribution >= 4 is 38.4 Å². The Morgan fingerprint density at radius 1 is 1.07 bits per heavy atom. The molecular weight excluding hydrogens is 400 g/mol. The number of primary amides is 1. The number of benzene rings is 3. The minimum atomic E-state index is -4.12.